The van der Waals surface area contributed by atoms with Crippen molar-refractivity contribution in [2.24, 2.45) is 10.1 Å². The number of ketones is 2. The average Bonchev–Trinajstić information content (AvgIpc) is 3.33. The van der Waals surface area contributed by atoms with Gasteiger partial charge in [-0.3, -0.25) is 14.4 Å². The van der Waals surface area contributed by atoms with Crippen LogP contribution in [0, 0.1) is 6.92 Å². The quantitative estimate of drug-likeness (QED) is 0.102. The lowest BCUT2D eigenvalue weighted by Gasteiger charge is -2.21. The number of benzene rings is 3. The highest BCUT2D eigenvalue weighted by Crippen LogP contribution is 2.28. The van der Waals surface area contributed by atoms with Crippen LogP contribution in [0.1, 0.15) is 31.8 Å². The van der Waals surface area contributed by atoms with Gasteiger partial charge in [0.25, 0.3) is 0 Å². The van der Waals surface area contributed by atoms with Gasteiger partial charge in [0.15, 0.2) is 5.78 Å². The maximum absolute atomic E-state index is 13.5. The van der Waals surface area contributed by atoms with Crippen LogP contribution in [0.5, 0.6) is 0 Å². The Labute approximate surface area is 236 Å². The first-order valence-corrected chi connectivity index (χ1v) is 12.7. The molecule has 0 atom stereocenters. The van der Waals surface area contributed by atoms with E-state index in [0.717, 1.165) is 11.3 Å². The molecule has 4 aromatic rings. The van der Waals surface area contributed by atoms with E-state index in [2.05, 4.69) is 10.1 Å². The molecule has 3 aromatic carbocycles. The summed E-state index contributed by atoms with van der Waals surface area (Å²) in [5.41, 5.74) is 3.50. The van der Waals surface area contributed by atoms with E-state index in [-0.39, 0.29) is 11.3 Å². The molecule has 0 aliphatic rings. The first-order chi connectivity index (χ1) is 19.1. The van der Waals surface area contributed by atoms with Crippen molar-refractivity contribution in [3.8, 4) is 5.69 Å². The molecule has 10 heteroatoms. The third-order valence-corrected chi connectivity index (χ3v) is 6.36. The van der Waals surface area contributed by atoms with E-state index in [9.17, 15) is 14.4 Å². The van der Waals surface area contributed by atoms with Crippen molar-refractivity contribution in [3.05, 3.63) is 101 Å². The second kappa shape index (κ2) is 12.0. The predicted molar refractivity (Wildman–Crippen MR) is 157 cm³/mol. The number of halogens is 1. The lowest BCUT2D eigenvalue weighted by Crippen LogP contribution is -2.36. The highest BCUT2D eigenvalue weighted by atomic mass is 35.5. The summed E-state index contributed by atoms with van der Waals surface area (Å²) < 4.78 is 1.82. The Balaban J connectivity index is 1.75. The summed E-state index contributed by atoms with van der Waals surface area (Å²) in [5.74, 6) is -0.534. The van der Waals surface area contributed by atoms with Gasteiger partial charge in [0, 0.05) is 56.6 Å². The molecule has 0 aliphatic heterocycles. The third-order valence-electron chi connectivity index (χ3n) is 6.12. The summed E-state index contributed by atoms with van der Waals surface area (Å²) in [5, 5.41) is 3.47. The summed E-state index contributed by atoms with van der Waals surface area (Å²) in [6, 6.07) is 21.9. The molecule has 1 aromatic heterocycles. The van der Waals surface area contributed by atoms with Crippen molar-refractivity contribution in [1.29, 1.82) is 0 Å². The van der Waals surface area contributed by atoms with Crippen LogP contribution in [0.2, 0.25) is 0 Å². The van der Waals surface area contributed by atoms with Gasteiger partial charge < -0.3 is 14.4 Å². The summed E-state index contributed by atoms with van der Waals surface area (Å²) >= 11 is 6.22. The number of aryl methyl sites for hydroxylation is 1. The number of Topliss-reactive ketones (excluding diaryl/α,β-unsaturated/α-hetero) is 1. The van der Waals surface area contributed by atoms with E-state index >= 15 is 0 Å². The lowest BCUT2D eigenvalue weighted by molar-refractivity contribution is 0.103. The molecular formula is C30H28ClN5O4. The number of aliphatic imine (C=N–C) groups is 1. The Bertz CT molecular complexity index is 1650. The molecule has 40 heavy (non-hydrogen) atoms. The van der Waals surface area contributed by atoms with Crippen LogP contribution in [-0.2, 0) is 4.84 Å². The maximum Gasteiger partial charge on any atom is 0.463 e. The Hall–Kier alpha value is -4.76. The van der Waals surface area contributed by atoms with Crippen LogP contribution in [0.4, 0.5) is 4.79 Å². The van der Waals surface area contributed by atoms with Crippen LogP contribution in [0.25, 0.3) is 16.6 Å². The summed E-state index contributed by atoms with van der Waals surface area (Å²) in [6.07, 6.45) is 0.583. The molecule has 0 bridgehead atoms. The molecule has 0 saturated carbocycles. The number of carbonyl (C=O) groups is 3. The minimum absolute atomic E-state index is 0.171. The van der Waals surface area contributed by atoms with E-state index < -0.39 is 17.0 Å². The molecule has 0 N–H and O–H groups in total. The number of guanidine groups is 1. The Morgan fingerprint density at radius 1 is 0.850 bits per heavy atom. The van der Waals surface area contributed by atoms with Gasteiger partial charge in [-0.1, -0.05) is 59.2 Å². The van der Waals surface area contributed by atoms with Crippen molar-refractivity contribution in [2.75, 3.05) is 28.2 Å². The minimum atomic E-state index is -1.04. The van der Waals surface area contributed by atoms with Gasteiger partial charge in [-0.05, 0) is 42.8 Å². The highest BCUT2D eigenvalue weighted by Gasteiger charge is 2.22. The van der Waals surface area contributed by atoms with Crippen molar-refractivity contribution >= 4 is 51.3 Å². The maximum atomic E-state index is 13.5. The minimum Gasteiger partial charge on any atom is -0.348 e. The Kier molecular flexibility index (Phi) is 8.45. The molecule has 0 aliphatic carbocycles. The monoisotopic (exact) mass is 557 g/mol. The number of hydrogen-bond donors (Lipinski definition) is 0. The average molecular weight is 558 g/mol. The molecule has 204 valence electrons. The van der Waals surface area contributed by atoms with E-state index in [1.54, 1.807) is 74.5 Å². The number of aromatic nitrogens is 1. The first-order valence-electron chi connectivity index (χ1n) is 12.3. The van der Waals surface area contributed by atoms with Crippen molar-refractivity contribution < 1.29 is 19.2 Å². The predicted octanol–water partition coefficient (Wildman–Crippen LogP) is 5.52. The van der Waals surface area contributed by atoms with Crippen LogP contribution < -0.4 is 0 Å². The summed E-state index contributed by atoms with van der Waals surface area (Å²) in [6.45, 7) is 1.87. The fourth-order valence-electron chi connectivity index (χ4n) is 4.27. The number of carbonyl (C=O) groups excluding carboxylic acids is 3. The fraction of sp³-hybridized carbons (Fsp3) is 0.167. The van der Waals surface area contributed by atoms with Crippen LogP contribution in [0.3, 0.4) is 0 Å². The standard InChI is InChI=1S/C30H28ClN5O4/c1-19-11-9-10-14-22(19)26(37)20-15-16-25-23(17-20)24(18-36(25)21-12-7-6-8-13-21)27(38)28(31)33-40-30(39)32-29(34(2)3)35(4)5/h6-18H,1-5H3/b33-28+. The largest absolute Gasteiger partial charge is 0.463 e. The van der Waals surface area contributed by atoms with Gasteiger partial charge in [0.1, 0.15) is 0 Å². The van der Waals surface area contributed by atoms with Crippen LogP contribution in [-0.4, -0.2) is 71.3 Å². The number of hydrogen-bond acceptors (Lipinski definition) is 5. The lowest BCUT2D eigenvalue weighted by atomic mass is 9.97. The van der Waals surface area contributed by atoms with Gasteiger partial charge in [-0.2, -0.15) is 0 Å². The van der Waals surface area contributed by atoms with Gasteiger partial charge in [0.05, 0.1) is 11.1 Å². The molecule has 1 heterocycles. The molecule has 9 nitrogen and oxygen atoms in total. The van der Waals surface area contributed by atoms with Crippen molar-refractivity contribution in [2.45, 2.75) is 6.92 Å². The molecular weight excluding hydrogens is 530 g/mol. The number of amides is 1. The smallest absolute Gasteiger partial charge is 0.348 e. The van der Waals surface area contributed by atoms with Crippen molar-refractivity contribution in [3.63, 3.8) is 0 Å². The van der Waals surface area contributed by atoms with Gasteiger partial charge in [-0.15, -0.1) is 4.99 Å². The SMILES string of the molecule is Cc1ccccc1C(=O)c1ccc2c(c1)c(C(=O)/C(Cl)=N\OC(=O)N=C(N(C)C)N(C)C)cn2-c1ccccc1. The first kappa shape index (κ1) is 28.3. The number of fused-ring (bicyclic) bond motifs is 1. The second-order valence-corrected chi connectivity index (χ2v) is 9.75. The van der Waals surface area contributed by atoms with E-state index in [0.29, 0.717) is 28.0 Å². The number of rotatable bonds is 6. The fourth-order valence-corrected chi connectivity index (χ4v) is 4.41. The zero-order valence-corrected chi connectivity index (χ0v) is 23.5. The highest BCUT2D eigenvalue weighted by molar-refractivity contribution is 6.85. The zero-order chi connectivity index (χ0) is 29.0. The van der Waals surface area contributed by atoms with Crippen LogP contribution >= 0.6 is 11.6 Å². The topological polar surface area (TPSA) is 96.6 Å². The number of para-hydroxylation sites is 1. The third kappa shape index (κ3) is 5.94. The summed E-state index contributed by atoms with van der Waals surface area (Å²) in [7, 11) is 6.86. The zero-order valence-electron chi connectivity index (χ0n) is 22.8. The van der Waals surface area contributed by atoms with Gasteiger partial charge in [0.2, 0.25) is 16.9 Å². The summed E-state index contributed by atoms with van der Waals surface area (Å²) in [4.78, 5) is 50.9. The number of nitrogens with zero attached hydrogens (tertiary/aromatic N) is 5. The molecule has 0 radical (unpaired) electrons. The Morgan fingerprint density at radius 2 is 1.50 bits per heavy atom. The van der Waals surface area contributed by atoms with E-state index in [4.69, 9.17) is 16.4 Å². The number of oxime groups is 1. The van der Waals surface area contributed by atoms with Gasteiger partial charge in [-0.25, -0.2) is 4.79 Å². The van der Waals surface area contributed by atoms with Crippen molar-refractivity contribution in [1.82, 2.24) is 14.4 Å². The normalized spacial score (nSPS) is 11.2. The Morgan fingerprint density at radius 3 is 2.15 bits per heavy atom. The molecule has 0 unspecified atom stereocenters. The van der Waals surface area contributed by atoms with Gasteiger partial charge >= 0.3 is 6.09 Å². The molecule has 0 fully saturated rings. The molecule has 4 rings (SSSR count). The van der Waals surface area contributed by atoms with E-state index in [1.807, 2.05) is 54.0 Å². The molecule has 0 saturated heterocycles. The second-order valence-electron chi connectivity index (χ2n) is 9.39. The molecule has 0 spiro atoms. The van der Waals surface area contributed by atoms with Crippen LogP contribution in [0.15, 0.2) is 89.1 Å². The molecule has 1 amide bonds. The van der Waals surface area contributed by atoms with E-state index in [1.165, 1.54) is 0 Å².